The van der Waals surface area contributed by atoms with Crippen LogP contribution >= 0.6 is 0 Å². The number of amides is 1. The van der Waals surface area contributed by atoms with Gasteiger partial charge in [0.05, 0.1) is 6.54 Å². The van der Waals surface area contributed by atoms with Crippen LogP contribution in [0.5, 0.6) is 0 Å². The summed E-state index contributed by atoms with van der Waals surface area (Å²) >= 11 is 0. The molecule has 3 N–H and O–H groups in total. The van der Waals surface area contributed by atoms with Gasteiger partial charge in [-0.05, 0) is 33.6 Å². The normalized spacial score (nSPS) is 11.1. The molecular weight excluding hydrogens is 220 g/mol. The van der Waals surface area contributed by atoms with Crippen molar-refractivity contribution < 1.29 is 14.3 Å². The number of rotatable bonds is 7. The lowest BCUT2D eigenvalue weighted by Crippen LogP contribution is -2.30. The third kappa shape index (κ3) is 11.2. The fraction of sp³-hybridized carbons (Fsp3) is 0.833. The van der Waals surface area contributed by atoms with E-state index in [9.17, 15) is 9.59 Å². The van der Waals surface area contributed by atoms with Crippen molar-refractivity contribution in [1.82, 2.24) is 5.32 Å². The Morgan fingerprint density at radius 1 is 1.18 bits per heavy atom. The van der Waals surface area contributed by atoms with Crippen LogP contribution in [0.25, 0.3) is 0 Å². The van der Waals surface area contributed by atoms with Crippen LogP contribution in [0.4, 0.5) is 0 Å². The van der Waals surface area contributed by atoms with E-state index in [4.69, 9.17) is 10.5 Å². The maximum absolute atomic E-state index is 11.3. The number of hydrogen-bond donors (Lipinski definition) is 2. The minimum absolute atomic E-state index is 0.0257. The molecule has 0 saturated carbocycles. The number of unbranched alkanes of at least 4 members (excludes halogenated alkanes) is 2. The van der Waals surface area contributed by atoms with E-state index < -0.39 is 5.60 Å². The van der Waals surface area contributed by atoms with Gasteiger partial charge >= 0.3 is 5.97 Å². The Balaban J connectivity index is 3.40. The van der Waals surface area contributed by atoms with E-state index in [0.717, 1.165) is 19.3 Å². The minimum atomic E-state index is -0.411. The highest BCUT2D eigenvalue weighted by atomic mass is 16.6. The molecule has 0 aromatic rings. The molecule has 0 aromatic heterocycles. The van der Waals surface area contributed by atoms with Crippen molar-refractivity contribution in [3.63, 3.8) is 0 Å². The first-order chi connectivity index (χ1) is 7.85. The number of carbonyl (C=O) groups is 2. The number of nitrogens with two attached hydrogens (primary N) is 1. The van der Waals surface area contributed by atoms with Crippen LogP contribution in [-0.2, 0) is 14.3 Å². The number of ether oxygens (including phenoxy) is 1. The lowest BCUT2D eigenvalue weighted by Gasteiger charge is -2.19. The molecule has 0 fully saturated rings. The Labute approximate surface area is 103 Å². The summed E-state index contributed by atoms with van der Waals surface area (Å²) in [7, 11) is 0. The molecule has 0 aliphatic rings. The molecule has 0 saturated heterocycles. The van der Waals surface area contributed by atoms with E-state index in [-0.39, 0.29) is 18.4 Å². The molecule has 1 amide bonds. The van der Waals surface area contributed by atoms with Crippen LogP contribution in [0.1, 0.15) is 46.5 Å². The third-order valence-electron chi connectivity index (χ3n) is 1.99. The van der Waals surface area contributed by atoms with Gasteiger partial charge < -0.3 is 15.8 Å². The Hall–Kier alpha value is -1.10. The predicted octanol–water partition coefficient (Wildman–Crippen LogP) is 0.963. The molecule has 0 heterocycles. The van der Waals surface area contributed by atoms with Gasteiger partial charge in [-0.1, -0.05) is 6.42 Å². The molecule has 0 atom stereocenters. The zero-order chi connectivity index (χ0) is 13.3. The second-order valence-electron chi connectivity index (χ2n) is 4.95. The summed E-state index contributed by atoms with van der Waals surface area (Å²) in [6.45, 7) is 6.20. The van der Waals surface area contributed by atoms with E-state index >= 15 is 0 Å². The molecule has 0 aliphatic heterocycles. The Bertz CT molecular complexity index is 247. The molecule has 0 bridgehead atoms. The number of hydrogen-bond acceptors (Lipinski definition) is 4. The highest BCUT2D eigenvalue weighted by molar-refractivity contribution is 5.77. The lowest BCUT2D eigenvalue weighted by atomic mass is 10.1. The van der Waals surface area contributed by atoms with E-state index in [1.54, 1.807) is 0 Å². The SMILES string of the molecule is CC(C)(C)OC(=O)CCCCCNC(=O)CN. The van der Waals surface area contributed by atoms with Crippen LogP contribution in [-0.4, -0.2) is 30.6 Å². The van der Waals surface area contributed by atoms with Crippen molar-refractivity contribution in [2.45, 2.75) is 52.1 Å². The molecule has 0 rings (SSSR count). The maximum atomic E-state index is 11.3. The van der Waals surface area contributed by atoms with Crippen LogP contribution in [0.2, 0.25) is 0 Å². The summed E-state index contributed by atoms with van der Waals surface area (Å²) in [5.74, 6) is -0.305. The fourth-order valence-corrected chi connectivity index (χ4v) is 1.26. The smallest absolute Gasteiger partial charge is 0.306 e. The van der Waals surface area contributed by atoms with Gasteiger partial charge in [-0.3, -0.25) is 9.59 Å². The van der Waals surface area contributed by atoms with Crippen molar-refractivity contribution in [1.29, 1.82) is 0 Å². The molecule has 100 valence electrons. The first kappa shape index (κ1) is 15.9. The molecule has 0 spiro atoms. The van der Waals surface area contributed by atoms with Crippen LogP contribution in [0, 0.1) is 0 Å². The third-order valence-corrected chi connectivity index (χ3v) is 1.99. The summed E-state index contributed by atoms with van der Waals surface area (Å²) in [6.07, 6.45) is 2.97. The number of carbonyl (C=O) groups excluding carboxylic acids is 2. The van der Waals surface area contributed by atoms with Crippen LogP contribution in [0.3, 0.4) is 0 Å². The number of nitrogens with one attached hydrogen (secondary N) is 1. The molecule has 17 heavy (non-hydrogen) atoms. The molecule has 5 nitrogen and oxygen atoms in total. The topological polar surface area (TPSA) is 81.4 Å². The van der Waals surface area contributed by atoms with Crippen molar-refractivity contribution >= 4 is 11.9 Å². The Kier molecular flexibility index (Phi) is 7.54. The standard InChI is InChI=1S/C12H24N2O3/c1-12(2,3)17-11(16)7-5-4-6-8-14-10(15)9-13/h4-9,13H2,1-3H3,(H,14,15). The average molecular weight is 244 g/mol. The van der Waals surface area contributed by atoms with Gasteiger partial charge in [0.15, 0.2) is 0 Å². The van der Waals surface area contributed by atoms with Gasteiger partial charge in [0, 0.05) is 13.0 Å². The fourth-order valence-electron chi connectivity index (χ4n) is 1.26. The summed E-state index contributed by atoms with van der Waals surface area (Å²) in [6, 6.07) is 0. The first-order valence-electron chi connectivity index (χ1n) is 6.04. The van der Waals surface area contributed by atoms with Gasteiger partial charge in [-0.2, -0.15) is 0 Å². The monoisotopic (exact) mass is 244 g/mol. The van der Waals surface area contributed by atoms with Gasteiger partial charge in [-0.15, -0.1) is 0 Å². The van der Waals surface area contributed by atoms with Gasteiger partial charge in [-0.25, -0.2) is 0 Å². The zero-order valence-electron chi connectivity index (χ0n) is 11.0. The second-order valence-corrected chi connectivity index (χ2v) is 4.95. The van der Waals surface area contributed by atoms with E-state index in [2.05, 4.69) is 5.32 Å². The van der Waals surface area contributed by atoms with E-state index in [1.807, 2.05) is 20.8 Å². The predicted molar refractivity (Wildman–Crippen MR) is 66.4 cm³/mol. The summed E-state index contributed by atoms with van der Waals surface area (Å²) < 4.78 is 5.17. The maximum Gasteiger partial charge on any atom is 0.306 e. The Morgan fingerprint density at radius 2 is 1.82 bits per heavy atom. The molecular formula is C12H24N2O3. The quantitative estimate of drug-likeness (QED) is 0.516. The van der Waals surface area contributed by atoms with Gasteiger partial charge in [0.2, 0.25) is 5.91 Å². The van der Waals surface area contributed by atoms with Gasteiger partial charge in [0.1, 0.15) is 5.60 Å². The number of esters is 1. The highest BCUT2D eigenvalue weighted by Gasteiger charge is 2.15. The van der Waals surface area contributed by atoms with Crippen LogP contribution in [0.15, 0.2) is 0 Å². The lowest BCUT2D eigenvalue weighted by molar-refractivity contribution is -0.154. The summed E-state index contributed by atoms with van der Waals surface area (Å²) in [5, 5.41) is 2.68. The summed E-state index contributed by atoms with van der Waals surface area (Å²) in [4.78, 5) is 22.1. The molecule has 0 aromatic carbocycles. The average Bonchev–Trinajstić information content (AvgIpc) is 2.20. The second kappa shape index (κ2) is 8.06. The first-order valence-corrected chi connectivity index (χ1v) is 6.04. The zero-order valence-corrected chi connectivity index (χ0v) is 11.0. The van der Waals surface area contributed by atoms with Crippen molar-refractivity contribution in [3.05, 3.63) is 0 Å². The van der Waals surface area contributed by atoms with E-state index in [1.165, 1.54) is 0 Å². The molecule has 0 aliphatic carbocycles. The summed E-state index contributed by atoms with van der Waals surface area (Å²) in [5.41, 5.74) is 4.73. The van der Waals surface area contributed by atoms with Crippen molar-refractivity contribution in [2.24, 2.45) is 5.73 Å². The van der Waals surface area contributed by atoms with Crippen molar-refractivity contribution in [3.8, 4) is 0 Å². The Morgan fingerprint density at radius 3 is 2.35 bits per heavy atom. The highest BCUT2D eigenvalue weighted by Crippen LogP contribution is 2.10. The minimum Gasteiger partial charge on any atom is -0.460 e. The van der Waals surface area contributed by atoms with Gasteiger partial charge in [0.25, 0.3) is 0 Å². The van der Waals surface area contributed by atoms with E-state index in [0.29, 0.717) is 13.0 Å². The van der Waals surface area contributed by atoms with Crippen LogP contribution < -0.4 is 11.1 Å². The van der Waals surface area contributed by atoms with Crippen molar-refractivity contribution in [2.75, 3.05) is 13.1 Å². The molecule has 5 heteroatoms. The molecule has 0 unspecified atom stereocenters. The molecule has 0 radical (unpaired) electrons. The largest absolute Gasteiger partial charge is 0.460 e.